The Kier molecular flexibility index (Phi) is 10.4. The van der Waals surface area contributed by atoms with Gasteiger partial charge in [-0.2, -0.15) is 0 Å². The SMILES string of the molecule is CN[C@H]1Cc2c(cccc2CO)C#CCC[C@]23CC[C@H]4[C@@](O)(C[C@H]5C[C@H]([C@@H](C)C6CCCC6)CC[C@@H]6[C@H]7OCC[C@H]8CCC[C@]87C[C@@]4(C=O)[C@]56O)[C@@]2(O)C[C@@H]2C[C@@H]1[C@H]1OC(=O)C=C1[C@@]23CO. The molecular formula is C56H75NO9. The maximum Gasteiger partial charge on any atom is 0.331 e. The second kappa shape index (κ2) is 15.4. The van der Waals surface area contributed by atoms with E-state index in [-0.39, 0.29) is 61.4 Å². The third-order valence-corrected chi connectivity index (χ3v) is 23.2. The van der Waals surface area contributed by atoms with Crippen LogP contribution in [0.2, 0.25) is 0 Å². The summed E-state index contributed by atoms with van der Waals surface area (Å²) in [5, 5.41) is 70.2. The van der Waals surface area contributed by atoms with Gasteiger partial charge in [-0.1, -0.05) is 63.0 Å². The Morgan fingerprint density at radius 3 is 2.53 bits per heavy atom. The number of aliphatic hydroxyl groups is 5. The highest BCUT2D eigenvalue weighted by atomic mass is 16.5. The van der Waals surface area contributed by atoms with Crippen molar-refractivity contribution in [1.82, 2.24) is 5.32 Å². The minimum Gasteiger partial charge on any atom is -0.454 e. The van der Waals surface area contributed by atoms with E-state index in [0.717, 1.165) is 67.1 Å². The molecule has 0 unspecified atom stereocenters. The highest BCUT2D eigenvalue weighted by Gasteiger charge is 2.87. The molecule has 2 spiro atoms. The van der Waals surface area contributed by atoms with Crippen LogP contribution in [0.15, 0.2) is 29.8 Å². The Balaban J connectivity index is 1.06. The van der Waals surface area contributed by atoms with Crippen molar-refractivity contribution in [3.63, 3.8) is 0 Å². The second-order valence-electron chi connectivity index (χ2n) is 24.4. The Hall–Kier alpha value is -2.62. The fourth-order valence-electron chi connectivity index (χ4n) is 20.6. The van der Waals surface area contributed by atoms with Gasteiger partial charge in [-0.25, -0.2) is 4.79 Å². The number of nitrogens with one attached hydrogen (secondary N) is 1. The van der Waals surface area contributed by atoms with E-state index in [9.17, 15) is 35.1 Å². The van der Waals surface area contributed by atoms with E-state index >= 15 is 0 Å². The van der Waals surface area contributed by atoms with Gasteiger partial charge in [-0.3, -0.25) is 0 Å². The second-order valence-corrected chi connectivity index (χ2v) is 24.4. The maximum atomic E-state index is 15.0. The van der Waals surface area contributed by atoms with Gasteiger partial charge in [0.05, 0.1) is 35.9 Å². The van der Waals surface area contributed by atoms with Crippen LogP contribution < -0.4 is 5.32 Å². The van der Waals surface area contributed by atoms with Crippen molar-refractivity contribution in [2.75, 3.05) is 20.3 Å². The van der Waals surface area contributed by atoms with Crippen LogP contribution in [-0.4, -0.2) is 93.1 Å². The molecule has 0 aromatic heterocycles. The number of hydrogen-bond acceptors (Lipinski definition) is 10. The number of benzene rings is 1. The van der Waals surface area contributed by atoms with Crippen molar-refractivity contribution in [2.24, 2.45) is 74.9 Å². The maximum absolute atomic E-state index is 15.0. The molecule has 0 amide bonds. The molecular weight excluding hydrogens is 831 g/mol. The summed E-state index contributed by atoms with van der Waals surface area (Å²) in [6, 6.07) is 5.66. The molecule has 4 bridgehead atoms. The van der Waals surface area contributed by atoms with E-state index in [2.05, 4.69) is 24.1 Å². The Morgan fingerprint density at radius 2 is 1.76 bits per heavy atom. The van der Waals surface area contributed by atoms with Gasteiger partial charge in [0.15, 0.2) is 0 Å². The van der Waals surface area contributed by atoms with Crippen molar-refractivity contribution >= 4 is 12.3 Å². The molecule has 2 aliphatic heterocycles. The van der Waals surface area contributed by atoms with E-state index in [4.69, 9.17) is 9.47 Å². The van der Waals surface area contributed by atoms with Crippen LogP contribution in [-0.2, 0) is 32.1 Å². The zero-order valence-corrected chi connectivity index (χ0v) is 39.4. The van der Waals surface area contributed by atoms with Gasteiger partial charge in [0.25, 0.3) is 0 Å². The van der Waals surface area contributed by atoms with Gasteiger partial charge in [0.2, 0.25) is 0 Å². The zero-order valence-electron chi connectivity index (χ0n) is 39.4. The largest absolute Gasteiger partial charge is 0.454 e. The molecule has 0 radical (unpaired) electrons. The molecule has 13 rings (SSSR count). The molecule has 10 heteroatoms. The summed E-state index contributed by atoms with van der Waals surface area (Å²) in [6.45, 7) is 2.65. The minimum absolute atomic E-state index is 0.128. The summed E-state index contributed by atoms with van der Waals surface area (Å²) in [6.07, 6.45) is 16.8. The molecule has 2 heterocycles. The molecule has 12 aliphatic rings. The summed E-state index contributed by atoms with van der Waals surface area (Å²) >= 11 is 0. The van der Waals surface area contributed by atoms with Gasteiger partial charge in [-0.05, 0) is 155 Å². The predicted octanol–water partition coefficient (Wildman–Crippen LogP) is 6.34. The number of rotatable bonds is 6. The van der Waals surface area contributed by atoms with Gasteiger partial charge in [0.1, 0.15) is 18.0 Å². The first-order chi connectivity index (χ1) is 31.8. The topological polar surface area (TPSA) is 166 Å². The van der Waals surface area contributed by atoms with E-state index < -0.39 is 57.0 Å². The smallest absolute Gasteiger partial charge is 0.331 e. The molecule has 6 N–H and O–H groups in total. The molecule has 1 aromatic rings. The van der Waals surface area contributed by atoms with Crippen LogP contribution in [0.25, 0.3) is 0 Å². The van der Waals surface area contributed by atoms with Crippen molar-refractivity contribution in [1.29, 1.82) is 0 Å². The number of fused-ring (bicyclic) bond motifs is 7. The summed E-state index contributed by atoms with van der Waals surface area (Å²) in [7, 11) is 1.92. The van der Waals surface area contributed by atoms with Gasteiger partial charge in [-0.15, -0.1) is 0 Å². The predicted molar refractivity (Wildman–Crippen MR) is 246 cm³/mol. The monoisotopic (exact) mass is 906 g/mol. The van der Waals surface area contributed by atoms with Crippen molar-refractivity contribution in [3.8, 4) is 11.8 Å². The number of carbonyl (C=O) groups excluding carboxylic acids is 2. The first-order valence-corrected chi connectivity index (χ1v) is 26.5. The zero-order chi connectivity index (χ0) is 45.6. The van der Waals surface area contributed by atoms with Crippen LogP contribution in [0.5, 0.6) is 0 Å². The lowest BCUT2D eigenvalue weighted by molar-refractivity contribution is -0.366. The standard InChI is InChI=1S/C56H75NO9/c1-33(34-9-3-4-10-34)36-15-16-43-49-50(19-8-14-38(50)18-22-65-49)30-51(31-59)46-17-21-52-20-6-5-11-35-12-7-13-37(29-58)41(35)25-45(57-2)42-24-39(53(52,32-60)44-26-47(61)66-48(42)44)28-55(52,63)54(46,62)27-40(23-36)56(43,51)64/h7,12-13,26,31,33-34,36,38-40,42-43,45-46,48-49,57-58,60,62-64H,3-4,6,8-10,14-25,27-30,32H2,1-2H3/t33-,36+,38+,39-,40+,42-,43+,45-,46+,48+,49+,50-,51-,52+,53+,54-,55+,56-/m0/s1. The first-order valence-electron chi connectivity index (χ1n) is 26.5. The average molecular weight is 906 g/mol. The quantitative estimate of drug-likeness (QED) is 0.108. The molecule has 1 saturated heterocycles. The highest BCUT2D eigenvalue weighted by Crippen LogP contribution is 2.82. The van der Waals surface area contributed by atoms with Crippen LogP contribution in [0, 0.1) is 86.8 Å². The van der Waals surface area contributed by atoms with Crippen LogP contribution in [0.1, 0.15) is 146 Å². The fraction of sp³-hybridized carbons (Fsp3) is 0.786. The molecule has 1 aromatic carbocycles. The Bertz CT molecular complexity index is 2250. The molecule has 9 fully saturated rings. The highest BCUT2D eigenvalue weighted by molar-refractivity contribution is 5.87. The fourth-order valence-corrected chi connectivity index (χ4v) is 20.6. The normalized spacial score (nSPS) is 50.4. The van der Waals surface area contributed by atoms with Crippen LogP contribution in [0.4, 0.5) is 0 Å². The van der Waals surface area contributed by atoms with E-state index in [0.29, 0.717) is 81.6 Å². The van der Waals surface area contributed by atoms with E-state index in [1.807, 2.05) is 25.2 Å². The van der Waals surface area contributed by atoms with Crippen molar-refractivity contribution in [2.45, 2.75) is 177 Å². The van der Waals surface area contributed by atoms with Crippen LogP contribution >= 0.6 is 0 Å². The molecule has 8 saturated carbocycles. The Morgan fingerprint density at radius 1 is 0.924 bits per heavy atom. The summed E-state index contributed by atoms with van der Waals surface area (Å²) in [5.41, 5.74) is -5.52. The molecule has 358 valence electrons. The number of likely N-dealkylation sites (N-methyl/N-ethyl adjacent to an activating group) is 1. The Labute approximate surface area is 391 Å². The summed E-state index contributed by atoms with van der Waals surface area (Å²) in [5.74, 6) is 6.29. The lowest BCUT2D eigenvalue weighted by atomic mass is 9.32. The number of hydrogen-bond donors (Lipinski definition) is 6. The number of aldehydes is 1. The van der Waals surface area contributed by atoms with Crippen molar-refractivity contribution < 1.29 is 44.6 Å². The lowest BCUT2D eigenvalue weighted by Crippen LogP contribution is -2.83. The molecule has 66 heavy (non-hydrogen) atoms. The molecule has 10 aliphatic carbocycles. The number of aliphatic hydroxyl groups excluding tert-OH is 2. The lowest BCUT2D eigenvalue weighted by Gasteiger charge is -2.75. The number of carbonyl (C=O) groups is 2. The third kappa shape index (κ3) is 5.36. The van der Waals surface area contributed by atoms with Crippen molar-refractivity contribution in [3.05, 3.63) is 46.5 Å². The number of esters is 1. The minimum atomic E-state index is -1.80. The van der Waals surface area contributed by atoms with Crippen LogP contribution in [0.3, 0.4) is 0 Å². The first kappa shape index (κ1) is 44.6. The summed E-state index contributed by atoms with van der Waals surface area (Å²) in [4.78, 5) is 28.8. The third-order valence-electron chi connectivity index (χ3n) is 23.2. The average Bonchev–Trinajstić information content (AvgIpc) is 4.11. The number of ether oxygens (including phenoxy) is 2. The molecule has 18 atom stereocenters. The van der Waals surface area contributed by atoms with E-state index in [1.165, 1.54) is 25.7 Å². The van der Waals surface area contributed by atoms with Gasteiger partial charge in [0, 0.05) is 64.7 Å². The van der Waals surface area contributed by atoms with Gasteiger partial charge < -0.3 is 45.1 Å². The van der Waals surface area contributed by atoms with Gasteiger partial charge >= 0.3 is 5.97 Å². The summed E-state index contributed by atoms with van der Waals surface area (Å²) < 4.78 is 13.3. The van der Waals surface area contributed by atoms with E-state index in [1.54, 1.807) is 6.08 Å². The molecule has 10 nitrogen and oxygen atoms in total.